The monoisotopic (exact) mass is 272 g/mol. The van der Waals surface area contributed by atoms with Gasteiger partial charge in [0.1, 0.15) is 11.5 Å². The molecule has 1 nitrogen and oxygen atoms in total. The standard InChI is InChI=1S/C17H17ClO/c1-10-6-13(18)9-16-17(10)14-7-11-4-2-3-5-12(11)8-15(14)19-16/h2,4,6-7,12-13H,3,5,8-9H2,1H3. The van der Waals surface area contributed by atoms with Gasteiger partial charge in [-0.15, -0.1) is 11.6 Å². The molecule has 1 heterocycles. The van der Waals surface area contributed by atoms with Crippen LogP contribution in [-0.2, 0) is 12.8 Å². The smallest absolute Gasteiger partial charge is 0.114 e. The summed E-state index contributed by atoms with van der Waals surface area (Å²) in [5.74, 6) is 2.92. The minimum Gasteiger partial charge on any atom is -0.465 e. The Balaban J connectivity index is 1.87. The molecule has 0 fully saturated rings. The molecule has 3 aliphatic carbocycles. The number of hydrogen-bond donors (Lipinski definition) is 0. The van der Waals surface area contributed by atoms with Crippen LogP contribution in [0.2, 0.25) is 0 Å². The van der Waals surface area contributed by atoms with E-state index in [0.717, 1.165) is 18.6 Å². The summed E-state index contributed by atoms with van der Waals surface area (Å²) in [6, 6.07) is 0. The molecule has 2 heteroatoms. The van der Waals surface area contributed by atoms with Gasteiger partial charge in [0.05, 0.1) is 5.38 Å². The number of allylic oxidation sites excluding steroid dienone is 5. The molecule has 3 aliphatic rings. The predicted octanol–water partition coefficient (Wildman–Crippen LogP) is 4.75. The van der Waals surface area contributed by atoms with Crippen molar-refractivity contribution in [3.63, 3.8) is 0 Å². The molecule has 4 rings (SSSR count). The third-order valence-electron chi connectivity index (χ3n) is 4.51. The van der Waals surface area contributed by atoms with Crippen LogP contribution < -0.4 is 0 Å². The van der Waals surface area contributed by atoms with Crippen molar-refractivity contribution in [2.24, 2.45) is 5.92 Å². The second-order valence-corrected chi connectivity index (χ2v) is 6.39. The highest BCUT2D eigenvalue weighted by atomic mass is 35.5. The molecule has 98 valence electrons. The normalized spacial score (nSPS) is 28.1. The van der Waals surface area contributed by atoms with E-state index in [1.54, 1.807) is 0 Å². The maximum Gasteiger partial charge on any atom is 0.114 e. The van der Waals surface area contributed by atoms with Gasteiger partial charge in [-0.1, -0.05) is 18.2 Å². The van der Waals surface area contributed by atoms with Crippen molar-refractivity contribution >= 4 is 23.3 Å². The molecule has 0 spiro atoms. The van der Waals surface area contributed by atoms with Gasteiger partial charge in [-0.2, -0.15) is 0 Å². The molecular weight excluding hydrogens is 256 g/mol. The third-order valence-corrected chi connectivity index (χ3v) is 4.79. The van der Waals surface area contributed by atoms with Crippen molar-refractivity contribution in [1.82, 2.24) is 0 Å². The quantitative estimate of drug-likeness (QED) is 0.621. The zero-order chi connectivity index (χ0) is 13.0. The van der Waals surface area contributed by atoms with Gasteiger partial charge in [0.2, 0.25) is 0 Å². The number of furan rings is 1. The molecule has 2 unspecified atom stereocenters. The van der Waals surface area contributed by atoms with Gasteiger partial charge < -0.3 is 4.42 Å². The van der Waals surface area contributed by atoms with Gasteiger partial charge in [0.15, 0.2) is 0 Å². The Labute approximate surface area is 118 Å². The Morgan fingerprint density at radius 1 is 1.26 bits per heavy atom. The average molecular weight is 273 g/mol. The van der Waals surface area contributed by atoms with E-state index in [2.05, 4.69) is 31.2 Å². The summed E-state index contributed by atoms with van der Waals surface area (Å²) in [5.41, 5.74) is 5.35. The van der Waals surface area contributed by atoms with Gasteiger partial charge >= 0.3 is 0 Å². The first-order valence-corrected chi connectivity index (χ1v) is 7.51. The van der Waals surface area contributed by atoms with Crippen LogP contribution >= 0.6 is 11.6 Å². The molecule has 1 aromatic rings. The van der Waals surface area contributed by atoms with E-state index in [4.69, 9.17) is 16.0 Å². The van der Waals surface area contributed by atoms with Gasteiger partial charge in [-0.25, -0.2) is 0 Å². The number of halogens is 1. The highest BCUT2D eigenvalue weighted by Crippen LogP contribution is 2.42. The molecular formula is C17H17ClO. The summed E-state index contributed by atoms with van der Waals surface area (Å²) in [4.78, 5) is 0. The first-order valence-electron chi connectivity index (χ1n) is 7.08. The molecule has 0 N–H and O–H groups in total. The molecule has 0 aromatic carbocycles. The maximum atomic E-state index is 6.26. The molecule has 2 atom stereocenters. The fourth-order valence-corrected chi connectivity index (χ4v) is 3.94. The third kappa shape index (κ3) is 1.75. The lowest BCUT2D eigenvalue weighted by Crippen LogP contribution is -2.13. The molecule has 0 radical (unpaired) electrons. The Morgan fingerprint density at radius 2 is 2.16 bits per heavy atom. The molecule has 0 saturated heterocycles. The van der Waals surface area contributed by atoms with Crippen molar-refractivity contribution in [3.8, 4) is 0 Å². The second-order valence-electron chi connectivity index (χ2n) is 5.83. The summed E-state index contributed by atoms with van der Waals surface area (Å²) in [5, 5.41) is 0.0786. The van der Waals surface area contributed by atoms with E-state index < -0.39 is 0 Å². The van der Waals surface area contributed by atoms with Crippen LogP contribution in [0.1, 0.15) is 42.4 Å². The molecule has 0 saturated carbocycles. The van der Waals surface area contributed by atoms with E-state index in [0.29, 0.717) is 5.92 Å². The van der Waals surface area contributed by atoms with Crippen molar-refractivity contribution in [1.29, 1.82) is 0 Å². The van der Waals surface area contributed by atoms with Crippen molar-refractivity contribution in [2.75, 3.05) is 0 Å². The summed E-state index contributed by atoms with van der Waals surface area (Å²) < 4.78 is 6.12. The fraction of sp³-hybridized carbons (Fsp3) is 0.412. The van der Waals surface area contributed by atoms with Crippen molar-refractivity contribution < 1.29 is 4.42 Å². The second kappa shape index (κ2) is 4.14. The van der Waals surface area contributed by atoms with Crippen LogP contribution in [0.3, 0.4) is 0 Å². The molecule has 0 aliphatic heterocycles. The Bertz CT molecular complexity index is 630. The zero-order valence-electron chi connectivity index (χ0n) is 11.1. The fourth-order valence-electron chi connectivity index (χ4n) is 3.61. The van der Waals surface area contributed by atoms with E-state index in [-0.39, 0.29) is 5.38 Å². The lowest BCUT2D eigenvalue weighted by atomic mass is 9.79. The van der Waals surface area contributed by atoms with Crippen LogP contribution in [0.5, 0.6) is 0 Å². The molecule has 19 heavy (non-hydrogen) atoms. The summed E-state index contributed by atoms with van der Waals surface area (Å²) in [6.07, 6.45) is 13.4. The first kappa shape index (κ1) is 11.6. The highest BCUT2D eigenvalue weighted by Gasteiger charge is 2.30. The van der Waals surface area contributed by atoms with E-state index >= 15 is 0 Å². The van der Waals surface area contributed by atoms with Crippen LogP contribution in [0.4, 0.5) is 0 Å². The minimum absolute atomic E-state index is 0.0786. The van der Waals surface area contributed by atoms with Crippen LogP contribution in [0.25, 0.3) is 11.6 Å². The number of rotatable bonds is 0. The molecule has 0 amide bonds. The minimum atomic E-state index is 0.0786. The van der Waals surface area contributed by atoms with Crippen LogP contribution in [0, 0.1) is 5.92 Å². The van der Waals surface area contributed by atoms with Gasteiger partial charge in [-0.3, -0.25) is 0 Å². The van der Waals surface area contributed by atoms with Crippen LogP contribution in [0.15, 0.2) is 28.2 Å². The topological polar surface area (TPSA) is 13.1 Å². The van der Waals surface area contributed by atoms with Crippen molar-refractivity contribution in [3.05, 3.63) is 46.4 Å². The summed E-state index contributed by atoms with van der Waals surface area (Å²) in [7, 11) is 0. The van der Waals surface area contributed by atoms with E-state index in [1.807, 2.05) is 0 Å². The van der Waals surface area contributed by atoms with Gasteiger partial charge in [-0.05, 0) is 42.9 Å². The average Bonchev–Trinajstić information content (AvgIpc) is 2.72. The SMILES string of the molecule is CC1=CC(Cl)Cc2oc3c(c21)C=C1C=CCCC1C3. The Kier molecular flexibility index (Phi) is 2.53. The predicted molar refractivity (Wildman–Crippen MR) is 79.2 cm³/mol. The largest absolute Gasteiger partial charge is 0.465 e. The lowest BCUT2D eigenvalue weighted by molar-refractivity contribution is 0.424. The highest BCUT2D eigenvalue weighted by molar-refractivity contribution is 6.22. The van der Waals surface area contributed by atoms with Crippen molar-refractivity contribution in [2.45, 2.75) is 38.0 Å². The summed E-state index contributed by atoms with van der Waals surface area (Å²) in [6.45, 7) is 2.14. The summed E-state index contributed by atoms with van der Waals surface area (Å²) >= 11 is 6.26. The van der Waals surface area contributed by atoms with Gasteiger partial charge in [0.25, 0.3) is 0 Å². The first-order chi connectivity index (χ1) is 9.22. The molecule has 0 bridgehead atoms. The molecule has 1 aromatic heterocycles. The lowest BCUT2D eigenvalue weighted by Gasteiger charge is -2.24. The maximum absolute atomic E-state index is 6.26. The zero-order valence-corrected chi connectivity index (χ0v) is 11.8. The van der Waals surface area contributed by atoms with E-state index in [9.17, 15) is 0 Å². The number of fused-ring (bicyclic) bond motifs is 4. The van der Waals surface area contributed by atoms with Gasteiger partial charge in [0, 0.05) is 24.0 Å². The van der Waals surface area contributed by atoms with Crippen LogP contribution in [-0.4, -0.2) is 5.38 Å². The number of alkyl halides is 1. The Morgan fingerprint density at radius 3 is 3.05 bits per heavy atom. The van der Waals surface area contributed by atoms with E-state index in [1.165, 1.54) is 40.9 Å². The Hall–Kier alpha value is -1.21. The number of hydrogen-bond acceptors (Lipinski definition) is 1.